The van der Waals surface area contributed by atoms with Gasteiger partial charge in [-0.2, -0.15) is 17.5 Å². The number of ether oxygens (including phenoxy) is 1. The molecule has 0 saturated heterocycles. The molecule has 2 rings (SSSR count). The van der Waals surface area contributed by atoms with Crippen LogP contribution in [0.3, 0.4) is 0 Å². The molecule has 0 saturated carbocycles. The number of urea groups is 1. The molecule has 0 fully saturated rings. The minimum absolute atomic E-state index is 0.0293. The summed E-state index contributed by atoms with van der Waals surface area (Å²) in [5, 5.41) is 12.1. The topological polar surface area (TPSA) is 117 Å². The van der Waals surface area contributed by atoms with E-state index >= 15 is 0 Å². The zero-order chi connectivity index (χ0) is 27.3. The number of hydrogen-bond donors (Lipinski definition) is 2. The number of methoxy groups -OCH3 is 1. The lowest BCUT2D eigenvalue weighted by molar-refractivity contribution is -0.137. The minimum Gasteiger partial charge on any atom is -0.394 e. The van der Waals surface area contributed by atoms with E-state index in [9.17, 15) is 31.5 Å². The molecule has 0 aliphatic rings. The maximum absolute atomic E-state index is 12.9. The highest BCUT2D eigenvalue weighted by Gasteiger charge is 2.32. The number of carbonyl (C=O) groups excluding carboxylic acids is 1. The summed E-state index contributed by atoms with van der Waals surface area (Å²) in [7, 11) is 0.601. The zero-order valence-electron chi connectivity index (χ0n) is 20.7. The van der Waals surface area contributed by atoms with Gasteiger partial charge < -0.3 is 24.6 Å². The third-order valence-electron chi connectivity index (χ3n) is 5.74. The number of imidazole rings is 1. The molecule has 2 N–H and O–H groups in total. The Kier molecular flexibility index (Phi) is 9.88. The molecule has 0 radical (unpaired) electrons. The molecule has 0 unspecified atom stereocenters. The Hall–Kier alpha value is -2.68. The van der Waals surface area contributed by atoms with E-state index in [1.165, 1.54) is 36.1 Å². The van der Waals surface area contributed by atoms with Crippen LogP contribution >= 0.6 is 0 Å². The number of aryl methyl sites for hydroxylation is 1. The first-order valence-corrected chi connectivity index (χ1v) is 12.5. The Morgan fingerprint density at radius 1 is 1.22 bits per heavy atom. The quantitative estimate of drug-likeness (QED) is 0.457. The summed E-state index contributed by atoms with van der Waals surface area (Å²) in [6, 6.07) is 2.73. The molecule has 1 aromatic carbocycles. The molecular formula is C22H32F3N5O5S. The van der Waals surface area contributed by atoms with E-state index in [4.69, 9.17) is 4.74 Å². The number of nitrogens with one attached hydrogen (secondary N) is 1. The Morgan fingerprint density at radius 3 is 2.31 bits per heavy atom. The number of carbonyl (C=O) groups is 1. The van der Waals surface area contributed by atoms with E-state index in [0.717, 1.165) is 28.6 Å². The van der Waals surface area contributed by atoms with E-state index in [-0.39, 0.29) is 36.3 Å². The van der Waals surface area contributed by atoms with Gasteiger partial charge in [0.1, 0.15) is 0 Å². The molecule has 202 valence electrons. The first-order chi connectivity index (χ1) is 16.7. The lowest BCUT2D eigenvalue weighted by Gasteiger charge is -2.34. The van der Waals surface area contributed by atoms with Gasteiger partial charge in [-0.3, -0.25) is 0 Å². The Labute approximate surface area is 208 Å². The highest BCUT2D eigenvalue weighted by atomic mass is 32.2. The number of aliphatic hydroxyl groups is 1. The van der Waals surface area contributed by atoms with Gasteiger partial charge in [-0.15, -0.1) is 0 Å². The summed E-state index contributed by atoms with van der Waals surface area (Å²) >= 11 is 0. The van der Waals surface area contributed by atoms with Crippen LogP contribution in [0.5, 0.6) is 0 Å². The van der Waals surface area contributed by atoms with E-state index < -0.39 is 39.9 Å². The fourth-order valence-electron chi connectivity index (χ4n) is 3.45. The van der Waals surface area contributed by atoms with Crippen LogP contribution in [0, 0.1) is 5.92 Å². The second-order valence-electron chi connectivity index (χ2n) is 8.60. The molecule has 2 amide bonds. The van der Waals surface area contributed by atoms with Gasteiger partial charge >= 0.3 is 12.2 Å². The maximum Gasteiger partial charge on any atom is 0.416 e. The number of likely N-dealkylation sites (N-methyl/N-ethyl adjacent to an activating group) is 1. The molecule has 3 atom stereocenters. The molecule has 10 nitrogen and oxygen atoms in total. The molecule has 14 heteroatoms. The van der Waals surface area contributed by atoms with Crippen LogP contribution in [0.15, 0.2) is 41.8 Å². The molecule has 1 aromatic heterocycles. The zero-order valence-corrected chi connectivity index (χ0v) is 21.5. The van der Waals surface area contributed by atoms with E-state index in [1.807, 2.05) is 0 Å². The highest BCUT2D eigenvalue weighted by molar-refractivity contribution is 7.89. The van der Waals surface area contributed by atoms with Crippen molar-refractivity contribution in [1.29, 1.82) is 0 Å². The largest absolute Gasteiger partial charge is 0.416 e. The SMILES string of the molecule is CO[C@H](CN(C)S(=O)(=O)c1cn(C)cn1)[C@H](C)CN(C(=O)Nc1ccc(C(F)(F)F)cc1)[C@H](C)CO. The molecule has 2 aromatic rings. The number of aliphatic hydroxyl groups excluding tert-OH is 1. The normalized spacial score (nSPS) is 14.9. The summed E-state index contributed by atoms with van der Waals surface area (Å²) in [6.45, 7) is 3.05. The molecule has 36 heavy (non-hydrogen) atoms. The molecule has 0 aliphatic carbocycles. The van der Waals surface area contributed by atoms with Crippen molar-refractivity contribution in [3.05, 3.63) is 42.4 Å². The van der Waals surface area contributed by atoms with Crippen molar-refractivity contribution in [3.63, 3.8) is 0 Å². The van der Waals surface area contributed by atoms with Crippen molar-refractivity contribution in [2.45, 2.75) is 37.2 Å². The number of nitrogens with zero attached hydrogens (tertiary/aromatic N) is 4. The monoisotopic (exact) mass is 535 g/mol. The number of rotatable bonds is 11. The third-order valence-corrected chi connectivity index (χ3v) is 7.44. The number of anilines is 1. The molecule has 1 heterocycles. The lowest BCUT2D eigenvalue weighted by Crippen LogP contribution is -2.48. The number of benzene rings is 1. The second-order valence-corrected chi connectivity index (χ2v) is 10.6. The van der Waals surface area contributed by atoms with Gasteiger partial charge in [0.2, 0.25) is 0 Å². The number of amides is 2. The highest BCUT2D eigenvalue weighted by Crippen LogP contribution is 2.30. The van der Waals surface area contributed by atoms with Crippen LogP contribution in [0.25, 0.3) is 0 Å². The number of aromatic nitrogens is 2. The van der Waals surface area contributed by atoms with E-state index in [0.29, 0.717) is 0 Å². The lowest BCUT2D eigenvalue weighted by atomic mass is 10.0. The Morgan fingerprint density at radius 2 is 1.83 bits per heavy atom. The van der Waals surface area contributed by atoms with Gasteiger partial charge in [0, 0.05) is 52.1 Å². The van der Waals surface area contributed by atoms with Crippen LogP contribution < -0.4 is 5.32 Å². The predicted octanol–water partition coefficient (Wildman–Crippen LogP) is 2.63. The number of hydrogen-bond acceptors (Lipinski definition) is 6. The summed E-state index contributed by atoms with van der Waals surface area (Å²) in [6.07, 6.45) is -2.36. The van der Waals surface area contributed by atoms with Crippen molar-refractivity contribution < 1.29 is 36.2 Å². The first-order valence-electron chi connectivity index (χ1n) is 11.0. The van der Waals surface area contributed by atoms with Crippen molar-refractivity contribution in [2.75, 3.05) is 39.2 Å². The van der Waals surface area contributed by atoms with E-state index in [1.54, 1.807) is 20.9 Å². The number of alkyl halides is 3. The average molecular weight is 536 g/mol. The van der Waals surface area contributed by atoms with Gasteiger partial charge in [0.25, 0.3) is 10.0 Å². The average Bonchev–Trinajstić information content (AvgIpc) is 3.26. The smallest absolute Gasteiger partial charge is 0.394 e. The number of halogens is 3. The van der Waals surface area contributed by atoms with Crippen LogP contribution in [0.4, 0.5) is 23.7 Å². The van der Waals surface area contributed by atoms with Crippen molar-refractivity contribution in [3.8, 4) is 0 Å². The fourth-order valence-corrected chi connectivity index (χ4v) is 4.59. The Balaban J connectivity index is 2.12. The second kappa shape index (κ2) is 12.0. The van der Waals surface area contributed by atoms with Gasteiger partial charge in [-0.05, 0) is 31.2 Å². The van der Waals surface area contributed by atoms with Crippen molar-refractivity contribution in [1.82, 2.24) is 18.8 Å². The predicted molar refractivity (Wildman–Crippen MR) is 127 cm³/mol. The summed E-state index contributed by atoms with van der Waals surface area (Å²) < 4.78 is 72.2. The maximum atomic E-state index is 12.9. The van der Waals surface area contributed by atoms with Gasteiger partial charge in [0.05, 0.1) is 30.6 Å². The summed E-state index contributed by atoms with van der Waals surface area (Å²) in [5.74, 6) is -0.385. The van der Waals surface area contributed by atoms with Crippen molar-refractivity contribution >= 4 is 21.7 Å². The van der Waals surface area contributed by atoms with Gasteiger partial charge in [0.15, 0.2) is 5.03 Å². The van der Waals surface area contributed by atoms with Crippen LogP contribution in [0.1, 0.15) is 19.4 Å². The number of sulfonamides is 1. The molecule has 0 spiro atoms. The minimum atomic E-state index is -4.50. The van der Waals surface area contributed by atoms with Crippen LogP contribution in [0.2, 0.25) is 0 Å². The van der Waals surface area contributed by atoms with Crippen molar-refractivity contribution in [2.24, 2.45) is 13.0 Å². The Bertz CT molecular complexity index is 1110. The summed E-state index contributed by atoms with van der Waals surface area (Å²) in [4.78, 5) is 18.1. The first kappa shape index (κ1) is 29.5. The van der Waals surface area contributed by atoms with Crippen LogP contribution in [-0.4, -0.2) is 84.3 Å². The summed E-state index contributed by atoms with van der Waals surface area (Å²) in [5.41, 5.74) is -0.692. The third kappa shape index (κ3) is 7.41. The fraction of sp³-hybridized carbons (Fsp3) is 0.545. The van der Waals surface area contributed by atoms with Gasteiger partial charge in [-0.25, -0.2) is 18.2 Å². The van der Waals surface area contributed by atoms with Gasteiger partial charge in [-0.1, -0.05) is 6.92 Å². The van der Waals surface area contributed by atoms with Crippen LogP contribution in [-0.2, 0) is 28.0 Å². The van der Waals surface area contributed by atoms with E-state index in [2.05, 4.69) is 10.3 Å². The molecular weight excluding hydrogens is 503 g/mol. The molecule has 0 aliphatic heterocycles. The molecule has 0 bridgehead atoms. The standard InChI is InChI=1S/C22H32F3N5O5S/c1-15(19(35-5)11-29(4)36(33,34)20-12-28(3)14-26-20)10-30(16(2)13-31)21(32)27-18-8-6-17(7-9-18)22(23,24)25/h6-9,12,14-16,19,31H,10-11,13H2,1-5H3,(H,27,32)/t15-,16-,19-/m1/s1.